The highest BCUT2D eigenvalue weighted by Gasteiger charge is 2.28. The molecule has 1 aliphatic carbocycles. The second-order valence-electron chi connectivity index (χ2n) is 5.90. The molecule has 1 aromatic heterocycles. The van der Waals surface area contributed by atoms with Gasteiger partial charge < -0.3 is 9.67 Å². The van der Waals surface area contributed by atoms with Crippen molar-refractivity contribution in [3.8, 4) is 0 Å². The third kappa shape index (κ3) is 1.84. The molecule has 1 aliphatic rings. The number of hydrogen-bond donors (Lipinski definition) is 1. The molecule has 106 valence electrons. The Morgan fingerprint density at radius 2 is 2.05 bits per heavy atom. The lowest BCUT2D eigenvalue weighted by molar-refractivity contribution is -0.142. The van der Waals surface area contributed by atoms with Crippen LogP contribution in [0.1, 0.15) is 35.7 Å². The Morgan fingerprint density at radius 3 is 2.70 bits per heavy atom. The Kier molecular flexibility index (Phi) is 3.08. The van der Waals surface area contributed by atoms with Gasteiger partial charge >= 0.3 is 5.97 Å². The molecule has 1 atom stereocenters. The smallest absolute Gasteiger partial charge is 0.306 e. The first-order valence-electron chi connectivity index (χ1n) is 7.37. The number of aliphatic carboxylic acids is 1. The van der Waals surface area contributed by atoms with Crippen LogP contribution in [0, 0.1) is 19.8 Å². The molecule has 0 saturated carbocycles. The molecule has 0 amide bonds. The molecule has 2 aromatic rings. The van der Waals surface area contributed by atoms with Crippen LogP contribution in [0.2, 0.25) is 0 Å². The number of aryl methyl sites for hydroxylation is 3. The molecular weight excluding hydrogens is 250 g/mol. The molecule has 0 aliphatic heterocycles. The van der Waals surface area contributed by atoms with E-state index in [9.17, 15) is 9.90 Å². The number of carboxylic acid groups (broad SMARTS) is 1. The SMILES string of the molecule is CCn1c2c(c3cc(C)c(C)cc31)CC(C(=O)O)CC2. The van der Waals surface area contributed by atoms with Gasteiger partial charge in [0.05, 0.1) is 5.92 Å². The average Bonchev–Trinajstić information content (AvgIpc) is 2.71. The molecule has 0 radical (unpaired) electrons. The number of carboxylic acids is 1. The first-order chi connectivity index (χ1) is 9.52. The summed E-state index contributed by atoms with van der Waals surface area (Å²) in [4.78, 5) is 11.3. The molecule has 3 nitrogen and oxygen atoms in total. The Balaban J connectivity index is 2.25. The van der Waals surface area contributed by atoms with Crippen molar-refractivity contribution in [3.63, 3.8) is 0 Å². The molecule has 0 bridgehead atoms. The van der Waals surface area contributed by atoms with Crippen LogP contribution in [0.5, 0.6) is 0 Å². The number of fused-ring (bicyclic) bond motifs is 3. The van der Waals surface area contributed by atoms with Gasteiger partial charge in [0.25, 0.3) is 0 Å². The zero-order valence-electron chi connectivity index (χ0n) is 12.4. The van der Waals surface area contributed by atoms with Crippen molar-refractivity contribution in [1.82, 2.24) is 4.57 Å². The summed E-state index contributed by atoms with van der Waals surface area (Å²) in [5.74, 6) is -0.878. The molecule has 1 N–H and O–H groups in total. The lowest BCUT2D eigenvalue weighted by Gasteiger charge is -2.20. The third-order valence-electron chi connectivity index (χ3n) is 4.75. The number of hydrogen-bond acceptors (Lipinski definition) is 1. The summed E-state index contributed by atoms with van der Waals surface area (Å²) in [6.45, 7) is 7.38. The number of carbonyl (C=O) groups is 1. The van der Waals surface area contributed by atoms with Crippen LogP contribution in [0.3, 0.4) is 0 Å². The van der Waals surface area contributed by atoms with Crippen LogP contribution in [-0.4, -0.2) is 15.6 Å². The Hall–Kier alpha value is -1.77. The van der Waals surface area contributed by atoms with Crippen molar-refractivity contribution < 1.29 is 9.90 Å². The van der Waals surface area contributed by atoms with E-state index in [0.29, 0.717) is 6.42 Å². The standard InChI is InChI=1S/C17H21NO2/c1-4-18-15-6-5-12(17(19)20)9-14(15)13-7-10(2)11(3)8-16(13)18/h7-8,12H,4-6,9H2,1-3H3,(H,19,20). The molecule has 1 heterocycles. The summed E-state index contributed by atoms with van der Waals surface area (Å²) in [7, 11) is 0. The summed E-state index contributed by atoms with van der Waals surface area (Å²) in [5.41, 5.74) is 6.48. The van der Waals surface area contributed by atoms with Gasteiger partial charge in [0.15, 0.2) is 0 Å². The van der Waals surface area contributed by atoms with E-state index in [1.165, 1.54) is 33.3 Å². The fourth-order valence-electron chi connectivity index (χ4n) is 3.47. The van der Waals surface area contributed by atoms with Crippen LogP contribution < -0.4 is 0 Å². The van der Waals surface area contributed by atoms with E-state index >= 15 is 0 Å². The molecule has 20 heavy (non-hydrogen) atoms. The third-order valence-corrected chi connectivity index (χ3v) is 4.75. The molecule has 3 rings (SSSR count). The lowest BCUT2D eigenvalue weighted by Crippen LogP contribution is -2.22. The predicted octanol–water partition coefficient (Wildman–Crippen LogP) is 3.47. The van der Waals surface area contributed by atoms with Gasteiger partial charge in [0, 0.05) is 23.1 Å². The van der Waals surface area contributed by atoms with Crippen molar-refractivity contribution in [2.24, 2.45) is 5.92 Å². The van der Waals surface area contributed by atoms with Gasteiger partial charge in [-0.1, -0.05) is 0 Å². The number of aromatic nitrogens is 1. The molecule has 3 heteroatoms. The Bertz CT molecular complexity index is 697. The Labute approximate surface area is 119 Å². The number of benzene rings is 1. The monoisotopic (exact) mass is 271 g/mol. The van der Waals surface area contributed by atoms with E-state index in [1.54, 1.807) is 0 Å². The highest BCUT2D eigenvalue weighted by atomic mass is 16.4. The normalized spacial score (nSPS) is 18.2. The molecule has 0 spiro atoms. The first-order valence-corrected chi connectivity index (χ1v) is 7.37. The largest absolute Gasteiger partial charge is 0.481 e. The molecule has 0 saturated heterocycles. The van der Waals surface area contributed by atoms with Crippen LogP contribution in [-0.2, 0) is 24.2 Å². The summed E-state index contributed by atoms with van der Waals surface area (Å²) in [6, 6.07) is 4.49. The molecular formula is C17H21NO2. The lowest BCUT2D eigenvalue weighted by atomic mass is 9.86. The minimum Gasteiger partial charge on any atom is -0.481 e. The quantitative estimate of drug-likeness (QED) is 0.908. The van der Waals surface area contributed by atoms with E-state index in [1.807, 2.05) is 0 Å². The van der Waals surface area contributed by atoms with Crippen molar-refractivity contribution in [2.45, 2.75) is 46.6 Å². The molecule has 1 unspecified atom stereocenters. The average molecular weight is 271 g/mol. The summed E-state index contributed by atoms with van der Waals surface area (Å²) < 4.78 is 2.37. The Morgan fingerprint density at radius 1 is 1.35 bits per heavy atom. The predicted molar refractivity (Wildman–Crippen MR) is 80.2 cm³/mol. The van der Waals surface area contributed by atoms with E-state index in [0.717, 1.165) is 19.4 Å². The van der Waals surface area contributed by atoms with Gasteiger partial charge in [-0.25, -0.2) is 0 Å². The maximum Gasteiger partial charge on any atom is 0.306 e. The summed E-state index contributed by atoms with van der Waals surface area (Å²) in [5, 5.41) is 10.6. The fraction of sp³-hybridized carbons (Fsp3) is 0.471. The zero-order chi connectivity index (χ0) is 14.4. The van der Waals surface area contributed by atoms with Crippen molar-refractivity contribution in [2.75, 3.05) is 0 Å². The van der Waals surface area contributed by atoms with Gasteiger partial charge in [-0.2, -0.15) is 0 Å². The summed E-state index contributed by atoms with van der Waals surface area (Å²) >= 11 is 0. The van der Waals surface area contributed by atoms with Gasteiger partial charge in [-0.15, -0.1) is 0 Å². The van der Waals surface area contributed by atoms with E-state index in [2.05, 4.69) is 37.5 Å². The maximum atomic E-state index is 11.3. The number of nitrogens with zero attached hydrogens (tertiary/aromatic N) is 1. The van der Waals surface area contributed by atoms with Gasteiger partial charge in [0.2, 0.25) is 0 Å². The van der Waals surface area contributed by atoms with Crippen LogP contribution >= 0.6 is 0 Å². The molecule has 1 aromatic carbocycles. The minimum absolute atomic E-state index is 0.222. The van der Waals surface area contributed by atoms with Crippen molar-refractivity contribution in [3.05, 3.63) is 34.5 Å². The zero-order valence-corrected chi connectivity index (χ0v) is 12.4. The highest BCUT2D eigenvalue weighted by molar-refractivity contribution is 5.88. The molecule has 0 fully saturated rings. The number of rotatable bonds is 2. The first kappa shape index (κ1) is 13.2. The van der Waals surface area contributed by atoms with Crippen LogP contribution in [0.15, 0.2) is 12.1 Å². The topological polar surface area (TPSA) is 42.2 Å². The van der Waals surface area contributed by atoms with Gasteiger partial charge in [-0.05, 0) is 68.9 Å². The van der Waals surface area contributed by atoms with E-state index < -0.39 is 5.97 Å². The maximum absolute atomic E-state index is 11.3. The van der Waals surface area contributed by atoms with Gasteiger partial charge in [0.1, 0.15) is 0 Å². The second kappa shape index (κ2) is 4.65. The summed E-state index contributed by atoms with van der Waals surface area (Å²) in [6.07, 6.45) is 2.32. The van der Waals surface area contributed by atoms with Gasteiger partial charge in [-0.3, -0.25) is 4.79 Å². The van der Waals surface area contributed by atoms with Crippen LogP contribution in [0.25, 0.3) is 10.9 Å². The minimum atomic E-state index is -0.656. The van der Waals surface area contributed by atoms with E-state index in [-0.39, 0.29) is 5.92 Å². The van der Waals surface area contributed by atoms with Crippen molar-refractivity contribution >= 4 is 16.9 Å². The highest BCUT2D eigenvalue weighted by Crippen LogP contribution is 2.35. The fourth-order valence-corrected chi connectivity index (χ4v) is 3.47. The second-order valence-corrected chi connectivity index (χ2v) is 5.90. The van der Waals surface area contributed by atoms with E-state index in [4.69, 9.17) is 0 Å². The van der Waals surface area contributed by atoms with Crippen molar-refractivity contribution in [1.29, 1.82) is 0 Å². The van der Waals surface area contributed by atoms with Crippen LogP contribution in [0.4, 0.5) is 0 Å².